The van der Waals surface area contributed by atoms with Crippen LogP contribution in [0.5, 0.6) is 0 Å². The molecule has 4 heterocycles. The first-order chi connectivity index (χ1) is 14.8. The maximum absolute atomic E-state index is 12.7. The summed E-state index contributed by atoms with van der Waals surface area (Å²) in [6.07, 6.45) is 2.49. The predicted molar refractivity (Wildman–Crippen MR) is 124 cm³/mol. The molecule has 0 aromatic carbocycles. The van der Waals surface area contributed by atoms with Gasteiger partial charge in [0.1, 0.15) is 4.21 Å². The number of carbonyl (C=O) groups is 1. The minimum atomic E-state index is -3.55. The Morgan fingerprint density at radius 3 is 2.87 bits per heavy atom. The molecule has 1 aliphatic heterocycles. The molecule has 31 heavy (non-hydrogen) atoms. The third kappa shape index (κ3) is 5.17. The molecule has 0 spiro atoms. The first kappa shape index (κ1) is 22.4. The number of rotatable bonds is 7. The Morgan fingerprint density at radius 2 is 2.16 bits per heavy atom. The van der Waals surface area contributed by atoms with Gasteiger partial charge >= 0.3 is 0 Å². The molecular weight excluding hydrogens is 473 g/mol. The minimum absolute atomic E-state index is 0.0732. The van der Waals surface area contributed by atoms with Crippen LogP contribution in [-0.4, -0.2) is 41.5 Å². The van der Waals surface area contributed by atoms with E-state index in [0.717, 1.165) is 32.4 Å². The molecule has 0 unspecified atom stereocenters. The molecule has 0 bridgehead atoms. The Hall–Kier alpha value is -1.79. The number of thiophene rings is 1. The Kier molecular flexibility index (Phi) is 6.77. The number of pyridine rings is 1. The molecule has 0 radical (unpaired) electrons. The van der Waals surface area contributed by atoms with Crippen molar-refractivity contribution in [2.45, 2.75) is 41.9 Å². The maximum atomic E-state index is 12.7. The quantitative estimate of drug-likeness (QED) is 0.506. The van der Waals surface area contributed by atoms with Crippen LogP contribution in [0.1, 0.15) is 28.1 Å². The van der Waals surface area contributed by atoms with Crippen molar-refractivity contribution in [2.75, 3.05) is 12.3 Å². The van der Waals surface area contributed by atoms with Crippen LogP contribution in [0.15, 0.2) is 37.6 Å². The molecule has 0 aliphatic carbocycles. The van der Waals surface area contributed by atoms with Crippen LogP contribution >= 0.6 is 34.4 Å². The van der Waals surface area contributed by atoms with Crippen LogP contribution < -0.4 is 4.72 Å². The van der Waals surface area contributed by atoms with Gasteiger partial charge in [0, 0.05) is 42.6 Å². The van der Waals surface area contributed by atoms with E-state index in [9.17, 15) is 13.2 Å². The van der Waals surface area contributed by atoms with Gasteiger partial charge in [0.15, 0.2) is 4.34 Å². The zero-order valence-electron chi connectivity index (χ0n) is 17.1. The highest BCUT2D eigenvalue weighted by molar-refractivity contribution is 8.01. The van der Waals surface area contributed by atoms with Crippen LogP contribution in [0.25, 0.3) is 0 Å². The normalized spacial score (nSPS) is 13.9. The van der Waals surface area contributed by atoms with Gasteiger partial charge in [-0.2, -0.15) is 0 Å². The average molecular weight is 495 g/mol. The fraction of sp³-hybridized carbons (Fsp3) is 0.350. The second kappa shape index (κ2) is 9.37. The van der Waals surface area contributed by atoms with Gasteiger partial charge in [-0.05, 0) is 48.4 Å². The Balaban J connectivity index is 1.43. The van der Waals surface area contributed by atoms with Crippen molar-refractivity contribution in [3.63, 3.8) is 0 Å². The lowest BCUT2D eigenvalue weighted by Crippen LogP contribution is -2.38. The summed E-state index contributed by atoms with van der Waals surface area (Å²) in [5, 5.41) is 3.72. The number of thiazole rings is 1. The lowest BCUT2D eigenvalue weighted by atomic mass is 9.95. The predicted octanol–water partition coefficient (Wildman–Crippen LogP) is 3.37. The molecule has 0 saturated carbocycles. The van der Waals surface area contributed by atoms with Gasteiger partial charge in [0.05, 0.1) is 5.75 Å². The van der Waals surface area contributed by atoms with Crippen molar-refractivity contribution in [1.82, 2.24) is 19.6 Å². The molecular formula is C20H22N4O3S4. The Bertz CT molecular complexity index is 1190. The van der Waals surface area contributed by atoms with E-state index in [1.54, 1.807) is 35.0 Å². The van der Waals surface area contributed by atoms with E-state index in [1.807, 2.05) is 24.1 Å². The van der Waals surface area contributed by atoms with Crippen LogP contribution in [0, 0.1) is 13.8 Å². The zero-order valence-corrected chi connectivity index (χ0v) is 20.4. The second-order valence-corrected chi connectivity index (χ2v) is 12.2. The van der Waals surface area contributed by atoms with Crippen molar-refractivity contribution in [3.8, 4) is 0 Å². The molecule has 3 aromatic rings. The number of nitrogens with zero attached hydrogens (tertiary/aromatic N) is 3. The number of fused-ring (bicyclic) bond motifs is 1. The number of carbonyl (C=O) groups excluding carboxylic acids is 1. The highest BCUT2D eigenvalue weighted by Crippen LogP contribution is 2.27. The third-order valence-corrected chi connectivity index (χ3v) is 9.99. The standard InChI is InChI=1S/C20H22N4O3S4/c1-13-11-29-20(23-13)30-12-18(25)24-6-5-16-15(10-24)8-21-14(2)17(16)9-22-31(26,27)19-4-3-7-28-19/h3-4,7-8,11,22H,5-6,9-10,12H2,1-2H3. The van der Waals surface area contributed by atoms with Gasteiger partial charge in [-0.15, -0.1) is 22.7 Å². The van der Waals surface area contributed by atoms with Crippen molar-refractivity contribution in [3.05, 3.63) is 57.2 Å². The van der Waals surface area contributed by atoms with Gasteiger partial charge in [0.25, 0.3) is 0 Å². The van der Waals surface area contributed by atoms with Crippen molar-refractivity contribution in [1.29, 1.82) is 0 Å². The van der Waals surface area contributed by atoms with Gasteiger partial charge in [-0.3, -0.25) is 9.78 Å². The number of hydrogen-bond donors (Lipinski definition) is 1. The van der Waals surface area contributed by atoms with Crippen LogP contribution in [0.4, 0.5) is 0 Å². The first-order valence-electron chi connectivity index (χ1n) is 9.65. The minimum Gasteiger partial charge on any atom is -0.337 e. The molecule has 1 N–H and O–H groups in total. The van der Waals surface area contributed by atoms with E-state index in [4.69, 9.17) is 0 Å². The molecule has 11 heteroatoms. The number of nitrogens with one attached hydrogen (secondary N) is 1. The number of aromatic nitrogens is 2. The smallest absolute Gasteiger partial charge is 0.250 e. The molecule has 7 nitrogen and oxygen atoms in total. The average Bonchev–Trinajstić information content (AvgIpc) is 3.43. The second-order valence-electron chi connectivity index (χ2n) is 7.19. The SMILES string of the molecule is Cc1csc(SCC(=O)N2CCc3c(cnc(C)c3CNS(=O)(=O)c3cccs3)C2)n1. The highest BCUT2D eigenvalue weighted by Gasteiger charge is 2.25. The number of hydrogen-bond acceptors (Lipinski definition) is 8. The number of thioether (sulfide) groups is 1. The van der Waals surface area contributed by atoms with Gasteiger partial charge in [0.2, 0.25) is 15.9 Å². The molecule has 0 saturated heterocycles. The molecule has 0 atom stereocenters. The molecule has 4 rings (SSSR count). The van der Waals surface area contributed by atoms with Crippen LogP contribution in [-0.2, 0) is 34.3 Å². The fourth-order valence-corrected chi connectivity index (χ4v) is 7.22. The topological polar surface area (TPSA) is 92.3 Å². The van der Waals surface area contributed by atoms with E-state index >= 15 is 0 Å². The molecule has 3 aromatic heterocycles. The highest BCUT2D eigenvalue weighted by atomic mass is 32.2. The van der Waals surface area contributed by atoms with Crippen molar-refractivity contribution >= 4 is 50.4 Å². The summed E-state index contributed by atoms with van der Waals surface area (Å²) in [6.45, 7) is 5.12. The lowest BCUT2D eigenvalue weighted by Gasteiger charge is -2.30. The van der Waals surface area contributed by atoms with Gasteiger partial charge < -0.3 is 4.90 Å². The number of sulfonamides is 1. The summed E-state index contributed by atoms with van der Waals surface area (Å²) in [5.74, 6) is 0.429. The maximum Gasteiger partial charge on any atom is 0.250 e. The Morgan fingerprint density at radius 1 is 1.32 bits per heavy atom. The third-order valence-electron chi connectivity index (χ3n) is 5.06. The summed E-state index contributed by atoms with van der Waals surface area (Å²) in [7, 11) is -3.55. The van der Waals surface area contributed by atoms with Crippen LogP contribution in [0.2, 0.25) is 0 Å². The summed E-state index contributed by atoms with van der Waals surface area (Å²) < 4.78 is 28.9. The summed E-state index contributed by atoms with van der Waals surface area (Å²) >= 11 is 4.21. The molecule has 1 amide bonds. The number of amides is 1. The largest absolute Gasteiger partial charge is 0.337 e. The Labute approximate surface area is 194 Å². The summed E-state index contributed by atoms with van der Waals surface area (Å²) in [6, 6.07) is 3.31. The fourth-order valence-electron chi connectivity index (χ4n) is 3.44. The lowest BCUT2D eigenvalue weighted by molar-refractivity contribution is -0.129. The number of aryl methyl sites for hydroxylation is 2. The van der Waals surface area contributed by atoms with Crippen molar-refractivity contribution < 1.29 is 13.2 Å². The van der Waals surface area contributed by atoms with E-state index in [-0.39, 0.29) is 12.5 Å². The van der Waals surface area contributed by atoms with E-state index < -0.39 is 10.0 Å². The zero-order chi connectivity index (χ0) is 22.0. The van der Waals surface area contributed by atoms with Crippen LogP contribution in [0.3, 0.4) is 0 Å². The van der Waals surface area contributed by atoms with E-state index in [1.165, 1.54) is 23.1 Å². The monoisotopic (exact) mass is 494 g/mol. The molecule has 164 valence electrons. The van der Waals surface area contributed by atoms with E-state index in [0.29, 0.717) is 29.5 Å². The first-order valence-corrected chi connectivity index (χ1v) is 13.9. The van der Waals surface area contributed by atoms with Crippen molar-refractivity contribution in [2.24, 2.45) is 0 Å². The van der Waals surface area contributed by atoms with E-state index in [2.05, 4.69) is 14.7 Å². The van der Waals surface area contributed by atoms with Gasteiger partial charge in [-0.25, -0.2) is 18.1 Å². The summed E-state index contributed by atoms with van der Waals surface area (Å²) in [4.78, 5) is 23.4. The molecule has 0 fully saturated rings. The summed E-state index contributed by atoms with van der Waals surface area (Å²) in [5.41, 5.74) is 4.74. The molecule has 1 aliphatic rings. The van der Waals surface area contributed by atoms with Gasteiger partial charge in [-0.1, -0.05) is 17.8 Å².